The molecule has 9 heteroatoms. The molecule has 29 heavy (non-hydrogen) atoms. The molecule has 2 N–H and O–H groups in total. The van der Waals surface area contributed by atoms with E-state index < -0.39 is 23.7 Å². The van der Waals surface area contributed by atoms with Crippen LogP contribution in [-0.4, -0.2) is 23.8 Å². The third-order valence-corrected chi connectivity index (χ3v) is 6.75. The van der Waals surface area contributed by atoms with Gasteiger partial charge in [0, 0.05) is 4.88 Å². The maximum Gasteiger partial charge on any atom is 0.275 e. The molecule has 1 aliphatic heterocycles. The fraction of sp³-hybridized carbons (Fsp3) is 0.350. The van der Waals surface area contributed by atoms with Crippen LogP contribution in [0.5, 0.6) is 0 Å². The Morgan fingerprint density at radius 2 is 2.07 bits per heavy atom. The fourth-order valence-electron chi connectivity index (χ4n) is 3.67. The summed E-state index contributed by atoms with van der Waals surface area (Å²) < 4.78 is 13.4. The van der Waals surface area contributed by atoms with Crippen LogP contribution in [0.2, 0.25) is 5.02 Å². The number of amides is 3. The van der Waals surface area contributed by atoms with Gasteiger partial charge in [0.1, 0.15) is 11.9 Å². The zero-order chi connectivity index (χ0) is 20.7. The van der Waals surface area contributed by atoms with Crippen LogP contribution in [0.15, 0.2) is 24.3 Å². The van der Waals surface area contributed by atoms with Crippen LogP contribution in [0.3, 0.4) is 0 Å². The molecule has 1 saturated heterocycles. The lowest BCUT2D eigenvalue weighted by Crippen LogP contribution is -2.48. The Balaban J connectivity index is 1.41. The van der Waals surface area contributed by atoms with E-state index in [0.29, 0.717) is 10.8 Å². The van der Waals surface area contributed by atoms with Crippen molar-refractivity contribution in [2.75, 3.05) is 4.90 Å². The molecule has 4 rings (SSSR count). The van der Waals surface area contributed by atoms with Crippen molar-refractivity contribution in [2.45, 2.75) is 38.6 Å². The summed E-state index contributed by atoms with van der Waals surface area (Å²) in [4.78, 5) is 40.2. The zero-order valence-corrected chi connectivity index (χ0v) is 17.2. The van der Waals surface area contributed by atoms with Gasteiger partial charge in [-0.2, -0.15) is 0 Å². The maximum absolute atomic E-state index is 13.4. The molecule has 2 aliphatic rings. The highest BCUT2D eigenvalue weighted by Crippen LogP contribution is 2.32. The van der Waals surface area contributed by atoms with Gasteiger partial charge in [0.2, 0.25) is 5.91 Å². The molecule has 2 aromatic rings. The molecule has 152 valence electrons. The Bertz CT molecular complexity index is 1010. The maximum atomic E-state index is 13.4. The highest BCUT2D eigenvalue weighted by Gasteiger charge is 2.40. The molecule has 0 unspecified atom stereocenters. The summed E-state index contributed by atoms with van der Waals surface area (Å²) in [5, 5.41) is -0.177. The molecule has 2 heterocycles. The van der Waals surface area contributed by atoms with Crippen molar-refractivity contribution < 1.29 is 18.8 Å². The van der Waals surface area contributed by atoms with Crippen LogP contribution in [0.4, 0.5) is 10.1 Å². The molecule has 0 spiro atoms. The van der Waals surface area contributed by atoms with Crippen LogP contribution in [0, 0.1) is 11.7 Å². The highest BCUT2D eigenvalue weighted by molar-refractivity contribution is 7.14. The minimum Gasteiger partial charge on any atom is -0.286 e. The summed E-state index contributed by atoms with van der Waals surface area (Å²) in [7, 11) is 0. The van der Waals surface area contributed by atoms with Crippen LogP contribution in [0.1, 0.15) is 39.9 Å². The largest absolute Gasteiger partial charge is 0.286 e. The number of nitrogens with one attached hydrogen (secondary N) is 2. The number of carbonyl (C=O) groups excluding carboxylic acids is 3. The number of anilines is 1. The minimum atomic E-state index is -0.898. The van der Waals surface area contributed by atoms with Gasteiger partial charge in [-0.1, -0.05) is 18.5 Å². The number of imide groups is 1. The number of carbonyl (C=O) groups is 3. The monoisotopic (exact) mass is 435 g/mol. The number of aryl methyl sites for hydroxylation is 1. The molecular formula is C20H19ClFN3O3S. The van der Waals surface area contributed by atoms with Crippen LogP contribution in [-0.2, 0) is 22.4 Å². The Morgan fingerprint density at radius 3 is 2.83 bits per heavy atom. The van der Waals surface area contributed by atoms with E-state index in [1.807, 2.05) is 6.07 Å². The number of thiophene rings is 1. The quantitative estimate of drug-likeness (QED) is 0.571. The summed E-state index contributed by atoms with van der Waals surface area (Å²) in [6.45, 7) is 2.20. The summed E-state index contributed by atoms with van der Waals surface area (Å²) >= 11 is 7.22. The lowest BCUT2D eigenvalue weighted by molar-refractivity contribution is -0.121. The fourth-order valence-corrected chi connectivity index (χ4v) is 4.95. The topological polar surface area (TPSA) is 78.5 Å². The van der Waals surface area contributed by atoms with Gasteiger partial charge < -0.3 is 0 Å². The van der Waals surface area contributed by atoms with Crippen LogP contribution in [0.25, 0.3) is 0 Å². The lowest BCUT2D eigenvalue weighted by atomic mass is 9.90. The Labute approximate surface area is 176 Å². The van der Waals surface area contributed by atoms with E-state index in [1.165, 1.54) is 33.9 Å². The first-order valence-corrected chi connectivity index (χ1v) is 10.5. The van der Waals surface area contributed by atoms with E-state index in [0.717, 1.165) is 30.2 Å². The van der Waals surface area contributed by atoms with Crippen molar-refractivity contribution in [3.05, 3.63) is 50.4 Å². The van der Waals surface area contributed by atoms with Crippen molar-refractivity contribution >= 4 is 46.3 Å². The second-order valence-electron chi connectivity index (χ2n) is 7.43. The molecule has 1 aliphatic carbocycles. The second kappa shape index (κ2) is 7.85. The van der Waals surface area contributed by atoms with Gasteiger partial charge in [-0.3, -0.25) is 19.8 Å². The standard InChI is InChI=1S/C20H19ClFN3O3S/c1-10-2-5-16-11(6-10)7-17(29-16)19(27)24-23-15-9-18(26)25(20(15)28)12-3-4-14(22)13(21)8-12/h3-4,7-8,10,15,23H,2,5-6,9H2,1H3,(H,24,27)/t10-,15+/m1/s1. The van der Waals surface area contributed by atoms with Gasteiger partial charge in [0.05, 0.1) is 22.0 Å². The summed E-state index contributed by atoms with van der Waals surface area (Å²) in [6.07, 6.45) is 2.95. The number of rotatable bonds is 4. The number of fused-ring (bicyclic) bond motifs is 1. The SMILES string of the molecule is C[C@@H]1CCc2sc(C(=O)NN[C@H]3CC(=O)N(c4ccc(F)c(Cl)c4)C3=O)cc2C1. The number of benzene rings is 1. The summed E-state index contributed by atoms with van der Waals surface area (Å²) in [6, 6.07) is 4.64. The first kappa shape index (κ1) is 20.0. The summed E-state index contributed by atoms with van der Waals surface area (Å²) in [5.41, 5.74) is 6.61. The van der Waals surface area contributed by atoms with Crippen LogP contribution < -0.4 is 15.8 Å². The first-order valence-electron chi connectivity index (χ1n) is 9.32. The second-order valence-corrected chi connectivity index (χ2v) is 8.97. The van der Waals surface area contributed by atoms with E-state index in [4.69, 9.17) is 11.6 Å². The highest BCUT2D eigenvalue weighted by atomic mass is 35.5. The van der Waals surface area contributed by atoms with Gasteiger partial charge in [0.25, 0.3) is 11.8 Å². The predicted octanol–water partition coefficient (Wildman–Crippen LogP) is 3.23. The lowest BCUT2D eigenvalue weighted by Gasteiger charge is -2.16. The number of hydrazine groups is 1. The Morgan fingerprint density at radius 1 is 1.28 bits per heavy atom. The molecule has 0 radical (unpaired) electrons. The van der Waals surface area contributed by atoms with Crippen molar-refractivity contribution in [3.63, 3.8) is 0 Å². The third-order valence-electron chi connectivity index (χ3n) is 5.22. The van der Waals surface area contributed by atoms with Gasteiger partial charge in [-0.25, -0.2) is 14.7 Å². The summed E-state index contributed by atoms with van der Waals surface area (Å²) in [5.74, 6) is -1.34. The molecule has 1 aromatic carbocycles. The molecule has 2 atom stereocenters. The van der Waals surface area contributed by atoms with Gasteiger partial charge >= 0.3 is 0 Å². The first-order chi connectivity index (χ1) is 13.8. The number of halogens is 2. The van der Waals surface area contributed by atoms with E-state index in [-0.39, 0.29) is 23.0 Å². The molecule has 6 nitrogen and oxygen atoms in total. The molecule has 1 fully saturated rings. The van der Waals surface area contributed by atoms with Gasteiger partial charge in [-0.15, -0.1) is 11.3 Å². The molecule has 0 bridgehead atoms. The molecule has 0 saturated carbocycles. The molecule has 3 amide bonds. The van der Waals surface area contributed by atoms with E-state index in [2.05, 4.69) is 17.8 Å². The van der Waals surface area contributed by atoms with E-state index >= 15 is 0 Å². The van der Waals surface area contributed by atoms with Gasteiger partial charge in [0.15, 0.2) is 0 Å². The number of hydrogen-bond acceptors (Lipinski definition) is 5. The average molecular weight is 436 g/mol. The zero-order valence-electron chi connectivity index (χ0n) is 15.6. The third kappa shape index (κ3) is 3.92. The Hall–Kier alpha value is -2.29. The van der Waals surface area contributed by atoms with Crippen molar-refractivity contribution in [2.24, 2.45) is 5.92 Å². The number of nitrogens with zero attached hydrogens (tertiary/aromatic N) is 1. The predicted molar refractivity (Wildman–Crippen MR) is 108 cm³/mol. The molecule has 1 aromatic heterocycles. The Kier molecular flexibility index (Phi) is 5.42. The van der Waals surface area contributed by atoms with Crippen molar-refractivity contribution in [1.29, 1.82) is 0 Å². The van der Waals surface area contributed by atoms with Crippen molar-refractivity contribution in [1.82, 2.24) is 10.9 Å². The van der Waals surface area contributed by atoms with Gasteiger partial charge in [-0.05, 0) is 55.0 Å². The normalized spacial score (nSPS) is 21.4. The molecular weight excluding hydrogens is 417 g/mol. The smallest absolute Gasteiger partial charge is 0.275 e. The van der Waals surface area contributed by atoms with E-state index in [1.54, 1.807) is 0 Å². The van der Waals surface area contributed by atoms with E-state index in [9.17, 15) is 18.8 Å². The number of hydrogen-bond donors (Lipinski definition) is 2. The average Bonchev–Trinajstić information content (AvgIpc) is 3.22. The minimum absolute atomic E-state index is 0.118. The van der Waals surface area contributed by atoms with Crippen LogP contribution >= 0.6 is 22.9 Å². The van der Waals surface area contributed by atoms with Crippen molar-refractivity contribution in [3.8, 4) is 0 Å².